The Labute approximate surface area is 185 Å². The molecule has 2 amide bonds. The van der Waals surface area contributed by atoms with Crippen molar-refractivity contribution in [2.24, 2.45) is 11.8 Å². The lowest BCUT2D eigenvalue weighted by atomic mass is 10.1. The zero-order valence-corrected chi connectivity index (χ0v) is 19.5. The molecule has 0 aliphatic carbocycles. The summed E-state index contributed by atoms with van der Waals surface area (Å²) < 4.78 is 16.0. The van der Waals surface area contributed by atoms with E-state index in [0.29, 0.717) is 55.2 Å². The first kappa shape index (κ1) is 26.3. The van der Waals surface area contributed by atoms with E-state index in [0.717, 1.165) is 0 Å². The van der Waals surface area contributed by atoms with Crippen LogP contribution in [0.2, 0.25) is 0 Å². The Morgan fingerprint density at radius 1 is 0.935 bits per heavy atom. The molecule has 1 N–H and O–H groups in total. The molecule has 8 heteroatoms. The lowest BCUT2D eigenvalue weighted by Gasteiger charge is -2.26. The molecule has 0 spiro atoms. The first-order valence-electron chi connectivity index (χ1n) is 10.8. The van der Waals surface area contributed by atoms with Gasteiger partial charge in [0, 0.05) is 18.7 Å². The van der Waals surface area contributed by atoms with Gasteiger partial charge >= 0.3 is 5.97 Å². The van der Waals surface area contributed by atoms with Gasteiger partial charge in [-0.1, -0.05) is 27.7 Å². The standard InChI is InChI=1S/C23H36N2O6/c1-7-29-19-10-9-18(11-20(19)30-8-2)23(28)24-12-22(27)31-15-21(26)25(13-16(3)4)14-17(5)6/h9-11,16-17H,7-8,12-15H2,1-6H3,(H,24,28). The number of ether oxygens (including phenoxy) is 3. The summed E-state index contributed by atoms with van der Waals surface area (Å²) in [6.45, 7) is 13.2. The molecule has 0 saturated carbocycles. The maximum atomic E-state index is 12.4. The monoisotopic (exact) mass is 436 g/mol. The van der Waals surface area contributed by atoms with Crippen LogP contribution < -0.4 is 14.8 Å². The first-order valence-corrected chi connectivity index (χ1v) is 10.8. The number of amides is 2. The molecule has 174 valence electrons. The van der Waals surface area contributed by atoms with Gasteiger partial charge in [-0.25, -0.2) is 0 Å². The van der Waals surface area contributed by atoms with Crippen molar-refractivity contribution >= 4 is 17.8 Å². The molecule has 0 heterocycles. The number of hydrogen-bond donors (Lipinski definition) is 1. The maximum Gasteiger partial charge on any atom is 0.325 e. The number of rotatable bonds is 13. The Hall–Kier alpha value is -2.77. The minimum atomic E-state index is -0.674. The summed E-state index contributed by atoms with van der Waals surface area (Å²) in [5.74, 6) is 0.267. The van der Waals surface area contributed by atoms with Gasteiger partial charge in [0.05, 0.1) is 13.2 Å². The molecule has 0 aromatic heterocycles. The van der Waals surface area contributed by atoms with Crippen molar-refractivity contribution < 1.29 is 28.6 Å². The number of benzene rings is 1. The van der Waals surface area contributed by atoms with Crippen molar-refractivity contribution in [2.45, 2.75) is 41.5 Å². The van der Waals surface area contributed by atoms with E-state index >= 15 is 0 Å². The summed E-state index contributed by atoms with van der Waals surface area (Å²) >= 11 is 0. The third-order valence-electron chi connectivity index (χ3n) is 4.08. The first-order chi connectivity index (χ1) is 14.7. The average Bonchev–Trinajstić information content (AvgIpc) is 2.70. The summed E-state index contributed by atoms with van der Waals surface area (Å²) in [6.07, 6.45) is 0. The molecule has 0 fully saturated rings. The van der Waals surface area contributed by atoms with E-state index in [-0.39, 0.29) is 19.1 Å². The summed E-state index contributed by atoms with van der Waals surface area (Å²) in [4.78, 5) is 38.5. The highest BCUT2D eigenvalue weighted by molar-refractivity contribution is 5.96. The van der Waals surface area contributed by atoms with E-state index in [1.807, 2.05) is 41.5 Å². The molecular formula is C23H36N2O6. The number of carbonyl (C=O) groups excluding carboxylic acids is 3. The van der Waals surface area contributed by atoms with Crippen molar-refractivity contribution in [3.05, 3.63) is 23.8 Å². The van der Waals surface area contributed by atoms with Crippen molar-refractivity contribution in [2.75, 3.05) is 39.5 Å². The molecule has 1 aromatic carbocycles. The molecule has 0 unspecified atom stereocenters. The molecule has 0 saturated heterocycles. The predicted octanol–water partition coefficient (Wildman–Crippen LogP) is 2.90. The third kappa shape index (κ3) is 9.72. The van der Waals surface area contributed by atoms with Crippen molar-refractivity contribution in [1.29, 1.82) is 0 Å². The van der Waals surface area contributed by atoms with E-state index in [4.69, 9.17) is 14.2 Å². The van der Waals surface area contributed by atoms with Crippen LogP contribution in [0, 0.1) is 11.8 Å². The van der Waals surface area contributed by atoms with Crippen LogP contribution in [0.1, 0.15) is 51.9 Å². The second-order valence-corrected chi connectivity index (χ2v) is 7.96. The molecule has 0 atom stereocenters. The van der Waals surface area contributed by atoms with E-state index < -0.39 is 11.9 Å². The van der Waals surface area contributed by atoms with E-state index in [1.165, 1.54) is 0 Å². The second-order valence-electron chi connectivity index (χ2n) is 7.96. The van der Waals surface area contributed by atoms with Crippen LogP contribution in [0.3, 0.4) is 0 Å². The number of nitrogens with one attached hydrogen (secondary N) is 1. The molecule has 1 aromatic rings. The maximum absolute atomic E-state index is 12.4. The Bertz CT molecular complexity index is 723. The molecule has 1 rings (SSSR count). The summed E-state index contributed by atoms with van der Waals surface area (Å²) in [5.41, 5.74) is 0.329. The van der Waals surface area contributed by atoms with Gasteiger partial charge in [-0.3, -0.25) is 14.4 Å². The summed E-state index contributed by atoms with van der Waals surface area (Å²) in [6, 6.07) is 4.81. The van der Waals surface area contributed by atoms with Crippen molar-refractivity contribution in [3.8, 4) is 11.5 Å². The number of hydrogen-bond acceptors (Lipinski definition) is 6. The smallest absolute Gasteiger partial charge is 0.325 e. The largest absolute Gasteiger partial charge is 0.490 e. The van der Waals surface area contributed by atoms with Gasteiger partial charge < -0.3 is 24.4 Å². The van der Waals surface area contributed by atoms with Gasteiger partial charge in [-0.05, 0) is 43.9 Å². The minimum Gasteiger partial charge on any atom is -0.490 e. The fourth-order valence-corrected chi connectivity index (χ4v) is 2.89. The molecule has 0 aliphatic heterocycles. The lowest BCUT2D eigenvalue weighted by Crippen LogP contribution is -2.40. The van der Waals surface area contributed by atoms with Gasteiger partial charge in [0.2, 0.25) is 0 Å². The van der Waals surface area contributed by atoms with Gasteiger partial charge in [0.15, 0.2) is 18.1 Å². The van der Waals surface area contributed by atoms with E-state index in [9.17, 15) is 14.4 Å². The van der Waals surface area contributed by atoms with Crippen LogP contribution in [-0.2, 0) is 14.3 Å². The predicted molar refractivity (Wildman–Crippen MR) is 118 cm³/mol. The summed E-state index contributed by atoms with van der Waals surface area (Å²) in [5, 5.41) is 2.50. The van der Waals surface area contributed by atoms with E-state index in [2.05, 4.69) is 5.32 Å². The molecule has 0 radical (unpaired) electrons. The van der Waals surface area contributed by atoms with Gasteiger partial charge in [0.25, 0.3) is 11.8 Å². The molecular weight excluding hydrogens is 400 g/mol. The third-order valence-corrected chi connectivity index (χ3v) is 4.08. The zero-order chi connectivity index (χ0) is 23.4. The normalized spacial score (nSPS) is 10.7. The molecule has 0 aliphatic rings. The number of esters is 1. The van der Waals surface area contributed by atoms with Crippen molar-refractivity contribution in [3.63, 3.8) is 0 Å². The second kappa shape index (κ2) is 13.5. The van der Waals surface area contributed by atoms with Gasteiger partial charge in [0.1, 0.15) is 6.54 Å². The zero-order valence-electron chi connectivity index (χ0n) is 19.5. The van der Waals surface area contributed by atoms with Crippen LogP contribution in [0.5, 0.6) is 11.5 Å². The number of carbonyl (C=O) groups is 3. The van der Waals surface area contributed by atoms with Gasteiger partial charge in [-0.2, -0.15) is 0 Å². The van der Waals surface area contributed by atoms with Crippen LogP contribution in [0.15, 0.2) is 18.2 Å². The number of nitrogens with zero attached hydrogens (tertiary/aromatic N) is 1. The Morgan fingerprint density at radius 2 is 1.52 bits per heavy atom. The topological polar surface area (TPSA) is 94.2 Å². The Morgan fingerprint density at radius 3 is 2.06 bits per heavy atom. The van der Waals surface area contributed by atoms with Gasteiger partial charge in [-0.15, -0.1) is 0 Å². The molecule has 0 bridgehead atoms. The van der Waals surface area contributed by atoms with Crippen LogP contribution in [-0.4, -0.2) is 62.1 Å². The average molecular weight is 437 g/mol. The summed E-state index contributed by atoms with van der Waals surface area (Å²) in [7, 11) is 0. The SMILES string of the molecule is CCOc1ccc(C(=O)NCC(=O)OCC(=O)N(CC(C)C)CC(C)C)cc1OCC. The fraction of sp³-hybridized carbons (Fsp3) is 0.609. The van der Waals surface area contributed by atoms with Crippen LogP contribution >= 0.6 is 0 Å². The highest BCUT2D eigenvalue weighted by Crippen LogP contribution is 2.28. The minimum absolute atomic E-state index is 0.241. The Kier molecular flexibility index (Phi) is 11.5. The van der Waals surface area contributed by atoms with Crippen LogP contribution in [0.4, 0.5) is 0 Å². The molecule has 8 nitrogen and oxygen atoms in total. The highest BCUT2D eigenvalue weighted by Gasteiger charge is 2.19. The quantitative estimate of drug-likeness (QED) is 0.478. The van der Waals surface area contributed by atoms with Crippen molar-refractivity contribution in [1.82, 2.24) is 10.2 Å². The lowest BCUT2D eigenvalue weighted by molar-refractivity contribution is -0.151. The Balaban J connectivity index is 2.59. The molecule has 31 heavy (non-hydrogen) atoms. The van der Waals surface area contributed by atoms with E-state index in [1.54, 1.807) is 23.1 Å². The highest BCUT2D eigenvalue weighted by atomic mass is 16.5. The van der Waals surface area contributed by atoms with Crippen LogP contribution in [0.25, 0.3) is 0 Å². The fourth-order valence-electron chi connectivity index (χ4n) is 2.89.